The minimum absolute atomic E-state index is 0.176. The number of aliphatic hydroxyl groups is 1. The van der Waals surface area contributed by atoms with Crippen LogP contribution < -0.4 is 15.6 Å². The Bertz CT molecular complexity index is 1510. The maximum Gasteiger partial charge on any atom is 0.417 e. The van der Waals surface area contributed by atoms with E-state index in [0.29, 0.717) is 9.88 Å². The zero-order chi connectivity index (χ0) is 29.0. The van der Waals surface area contributed by atoms with E-state index < -0.39 is 81.5 Å². The fraction of sp³-hybridized carbons (Fsp3) is 0.273. The van der Waals surface area contributed by atoms with Gasteiger partial charge < -0.3 is 10.4 Å². The lowest BCUT2D eigenvalue weighted by atomic mass is 10.1. The number of nitrogens with one attached hydrogen (secondary N) is 1. The molecular formula is C22H13F9N4O4. The van der Waals surface area contributed by atoms with Crippen molar-refractivity contribution >= 4 is 28.7 Å². The van der Waals surface area contributed by atoms with Crippen molar-refractivity contribution < 1.29 is 54.2 Å². The van der Waals surface area contributed by atoms with Crippen molar-refractivity contribution in [2.45, 2.75) is 30.9 Å². The van der Waals surface area contributed by atoms with Crippen molar-refractivity contribution in [2.75, 3.05) is 11.4 Å². The Hall–Kier alpha value is -4.15. The third-order valence-corrected chi connectivity index (χ3v) is 5.61. The number of amides is 2. The molecule has 17 heteroatoms. The van der Waals surface area contributed by atoms with E-state index in [0.717, 1.165) is 17.0 Å². The van der Waals surface area contributed by atoms with Gasteiger partial charge in [0.15, 0.2) is 17.3 Å². The number of carbonyl (C=O) groups excluding carboxylic acids is 2. The number of nitrogens with zero attached hydrogens (tertiary/aromatic N) is 3. The van der Waals surface area contributed by atoms with Crippen LogP contribution in [0.2, 0.25) is 0 Å². The lowest BCUT2D eigenvalue weighted by molar-refractivity contribution is -0.255. The number of halogens is 9. The van der Waals surface area contributed by atoms with Crippen LogP contribution in [0.1, 0.15) is 16.8 Å². The molecule has 0 saturated carbocycles. The molecule has 4 rings (SSSR count). The van der Waals surface area contributed by atoms with Gasteiger partial charge in [-0.05, 0) is 12.1 Å². The summed E-state index contributed by atoms with van der Waals surface area (Å²) < 4.78 is 121. The Kier molecular flexibility index (Phi) is 6.82. The van der Waals surface area contributed by atoms with Crippen LogP contribution >= 0.6 is 0 Å². The summed E-state index contributed by atoms with van der Waals surface area (Å²) in [4.78, 5) is 42.5. The molecule has 1 aliphatic heterocycles. The van der Waals surface area contributed by atoms with Crippen LogP contribution in [0.25, 0.3) is 16.7 Å². The number of pyridine rings is 2. The van der Waals surface area contributed by atoms with E-state index in [-0.39, 0.29) is 37.1 Å². The van der Waals surface area contributed by atoms with Crippen molar-refractivity contribution in [3.05, 3.63) is 63.7 Å². The first-order valence-corrected chi connectivity index (χ1v) is 10.6. The predicted molar refractivity (Wildman–Crippen MR) is 114 cm³/mol. The van der Waals surface area contributed by atoms with Crippen molar-refractivity contribution in [2.24, 2.45) is 0 Å². The molecule has 2 N–H and O–H groups in total. The second-order valence-electron chi connectivity index (χ2n) is 8.35. The van der Waals surface area contributed by atoms with E-state index in [4.69, 9.17) is 0 Å². The molecule has 1 unspecified atom stereocenters. The van der Waals surface area contributed by atoms with E-state index in [1.165, 1.54) is 0 Å². The van der Waals surface area contributed by atoms with E-state index in [2.05, 4.69) is 4.98 Å². The van der Waals surface area contributed by atoms with Gasteiger partial charge in [0.25, 0.3) is 5.91 Å². The summed E-state index contributed by atoms with van der Waals surface area (Å²) in [5.74, 6) is -7.78. The summed E-state index contributed by atoms with van der Waals surface area (Å²) >= 11 is 0. The predicted octanol–water partition coefficient (Wildman–Crippen LogP) is 3.12. The van der Waals surface area contributed by atoms with E-state index in [1.807, 2.05) is 0 Å². The van der Waals surface area contributed by atoms with Crippen LogP contribution in [0.3, 0.4) is 0 Å². The first-order chi connectivity index (χ1) is 18.0. The van der Waals surface area contributed by atoms with Gasteiger partial charge in [-0.3, -0.25) is 23.9 Å². The molecule has 2 aromatic heterocycles. The largest absolute Gasteiger partial charge is 0.417 e. The number of benzene rings is 1. The lowest BCUT2D eigenvalue weighted by Gasteiger charge is -2.24. The molecule has 0 aliphatic carbocycles. The number of rotatable bonds is 4. The Morgan fingerprint density at radius 3 is 2.13 bits per heavy atom. The van der Waals surface area contributed by atoms with E-state index in [9.17, 15) is 59.0 Å². The van der Waals surface area contributed by atoms with Gasteiger partial charge in [-0.1, -0.05) is 0 Å². The van der Waals surface area contributed by atoms with Crippen LogP contribution in [-0.2, 0) is 4.79 Å². The zero-order valence-corrected chi connectivity index (χ0v) is 18.9. The quantitative estimate of drug-likeness (QED) is 0.471. The Balaban J connectivity index is 1.97. The van der Waals surface area contributed by atoms with Crippen LogP contribution in [0.5, 0.6) is 0 Å². The highest BCUT2D eigenvalue weighted by Crippen LogP contribution is 2.33. The number of hydrogen-bond acceptors (Lipinski definition) is 5. The maximum atomic E-state index is 14.7. The molecular weight excluding hydrogens is 555 g/mol. The number of aromatic nitrogens is 2. The summed E-state index contributed by atoms with van der Waals surface area (Å²) in [7, 11) is 0. The summed E-state index contributed by atoms with van der Waals surface area (Å²) in [5, 5.41) is 9.66. The van der Waals surface area contributed by atoms with Crippen LogP contribution in [0.4, 0.5) is 45.3 Å². The topological polar surface area (TPSA) is 105 Å². The number of fused-ring (bicyclic) bond motifs is 1. The monoisotopic (exact) mass is 568 g/mol. The molecule has 39 heavy (non-hydrogen) atoms. The highest BCUT2D eigenvalue weighted by Gasteiger charge is 2.57. The third-order valence-electron chi connectivity index (χ3n) is 5.61. The standard InChI is InChI=1S/C22H13F9N4O4/c23-8-3-12(24)16(13(25)4-8)35-7-11(19(39)33-20(21(26,27)28)22(29,30)31)17(38)10-1-2-14(32-18(10)35)34-6-9(36)5-15(34)37/h1-4,7,9,20,36H,5-6H2,(H,33,39). The van der Waals surface area contributed by atoms with Crippen molar-refractivity contribution in [3.8, 4) is 5.69 Å². The van der Waals surface area contributed by atoms with E-state index >= 15 is 0 Å². The van der Waals surface area contributed by atoms with Gasteiger partial charge in [0, 0.05) is 18.3 Å². The average Bonchev–Trinajstić information content (AvgIpc) is 3.14. The van der Waals surface area contributed by atoms with Gasteiger partial charge in [-0.25, -0.2) is 18.2 Å². The highest BCUT2D eigenvalue weighted by molar-refractivity contribution is 5.99. The van der Waals surface area contributed by atoms with Gasteiger partial charge in [-0.15, -0.1) is 0 Å². The van der Waals surface area contributed by atoms with Gasteiger partial charge in [0.1, 0.15) is 22.9 Å². The third kappa shape index (κ3) is 5.25. The van der Waals surface area contributed by atoms with Crippen molar-refractivity contribution in [1.82, 2.24) is 14.9 Å². The van der Waals surface area contributed by atoms with Crippen LogP contribution in [0, 0.1) is 17.5 Å². The lowest BCUT2D eigenvalue weighted by Crippen LogP contribution is -2.55. The fourth-order valence-electron chi connectivity index (χ4n) is 3.91. The van der Waals surface area contributed by atoms with E-state index in [1.54, 1.807) is 0 Å². The highest BCUT2D eigenvalue weighted by atomic mass is 19.4. The minimum atomic E-state index is -6.03. The number of anilines is 1. The molecule has 1 saturated heterocycles. The molecule has 0 bridgehead atoms. The molecule has 1 atom stereocenters. The smallest absolute Gasteiger partial charge is 0.391 e. The second kappa shape index (κ2) is 9.55. The summed E-state index contributed by atoms with van der Waals surface area (Å²) in [5.41, 5.74) is -4.77. The average molecular weight is 568 g/mol. The van der Waals surface area contributed by atoms with Gasteiger partial charge in [0.05, 0.1) is 24.5 Å². The Morgan fingerprint density at radius 2 is 1.62 bits per heavy atom. The minimum Gasteiger partial charge on any atom is -0.391 e. The zero-order valence-electron chi connectivity index (χ0n) is 18.9. The molecule has 1 fully saturated rings. The molecule has 0 radical (unpaired) electrons. The van der Waals surface area contributed by atoms with Crippen molar-refractivity contribution in [1.29, 1.82) is 0 Å². The van der Waals surface area contributed by atoms with Crippen LogP contribution in [0.15, 0.2) is 35.3 Å². The summed E-state index contributed by atoms with van der Waals surface area (Å²) in [6.45, 7) is -0.266. The fourth-order valence-corrected chi connectivity index (χ4v) is 3.91. The molecule has 8 nitrogen and oxygen atoms in total. The molecule has 0 spiro atoms. The number of aliphatic hydroxyl groups excluding tert-OH is 1. The summed E-state index contributed by atoms with van der Waals surface area (Å²) in [6.07, 6.45) is -13.2. The molecule has 1 aromatic carbocycles. The summed E-state index contributed by atoms with van der Waals surface area (Å²) in [6, 6.07) is -2.19. The van der Waals surface area contributed by atoms with Gasteiger partial charge >= 0.3 is 12.4 Å². The molecule has 208 valence electrons. The SMILES string of the molecule is O=C(NC(C(F)(F)F)C(F)(F)F)c1cn(-c2c(F)cc(F)cc2F)c2nc(N3CC(O)CC3=O)ccc2c1=O. The second-order valence-corrected chi connectivity index (χ2v) is 8.35. The Labute approximate surface area is 210 Å². The maximum absolute atomic E-state index is 14.7. The Morgan fingerprint density at radius 1 is 1.03 bits per heavy atom. The van der Waals surface area contributed by atoms with Crippen molar-refractivity contribution in [3.63, 3.8) is 0 Å². The van der Waals surface area contributed by atoms with Crippen LogP contribution in [-0.4, -0.2) is 57.5 Å². The first kappa shape index (κ1) is 27.9. The van der Waals surface area contributed by atoms with Gasteiger partial charge in [-0.2, -0.15) is 26.3 Å². The number of hydrogen-bond donors (Lipinski definition) is 2. The number of β-amino-alcohol motifs (C(OH)–C–C–N with tert-alkyl or cyclic N) is 1. The first-order valence-electron chi connectivity index (χ1n) is 10.6. The molecule has 3 heterocycles. The normalized spacial score (nSPS) is 16.4. The molecule has 2 amide bonds. The number of carbonyl (C=O) groups is 2. The van der Waals surface area contributed by atoms with Gasteiger partial charge in [0.2, 0.25) is 17.4 Å². The molecule has 3 aromatic rings. The number of alkyl halides is 6. The molecule has 1 aliphatic rings.